The van der Waals surface area contributed by atoms with Crippen LogP contribution < -0.4 is 0 Å². The molecular weight excluding hydrogens is 296 g/mol. The highest BCUT2D eigenvalue weighted by atomic mass is 79.9. The molecule has 0 saturated carbocycles. The molecule has 13 heavy (non-hydrogen) atoms. The number of hydrogen-bond donors (Lipinski definition) is 0. The van der Waals surface area contributed by atoms with Crippen LogP contribution in [0.25, 0.3) is 6.08 Å². The molecule has 67 valence electrons. The molecule has 1 nitrogen and oxygen atoms in total. The topological polar surface area (TPSA) is 17.1 Å². The van der Waals surface area contributed by atoms with Crippen molar-refractivity contribution >= 4 is 44.2 Å². The summed E-state index contributed by atoms with van der Waals surface area (Å²) in [5.41, 5.74) is 1.05. The van der Waals surface area contributed by atoms with Crippen LogP contribution in [-0.2, 0) is 4.79 Å². The summed E-state index contributed by atoms with van der Waals surface area (Å²) in [4.78, 5) is 9.94. The summed E-state index contributed by atoms with van der Waals surface area (Å²) in [5.74, 6) is 0. The Bertz CT molecular complexity index is 332. The fraction of sp³-hybridized carbons (Fsp3) is 0.100. The fourth-order valence-electron chi connectivity index (χ4n) is 0.871. The Labute approximate surface area is 94.1 Å². The molecule has 0 unspecified atom stereocenters. The summed E-state index contributed by atoms with van der Waals surface area (Å²) in [7, 11) is 0. The van der Waals surface area contributed by atoms with Crippen LogP contribution in [0, 0.1) is 0 Å². The first-order valence-corrected chi connectivity index (χ1v) is 5.29. The van der Waals surface area contributed by atoms with Crippen LogP contribution in [0.4, 0.5) is 0 Å². The molecule has 0 N–H and O–H groups in total. The highest BCUT2D eigenvalue weighted by Gasteiger charge is 1.95. The first-order chi connectivity index (χ1) is 6.24. The van der Waals surface area contributed by atoms with Crippen molar-refractivity contribution < 1.29 is 4.79 Å². The molecule has 0 amide bonds. The molecule has 0 heterocycles. The predicted octanol–water partition coefficient (Wildman–Crippen LogP) is 3.72. The largest absolute Gasteiger partial charge is 0.291 e. The summed E-state index contributed by atoms with van der Waals surface area (Å²) < 4.78 is 2.03. The molecule has 1 radical (unpaired) electrons. The van der Waals surface area contributed by atoms with E-state index in [-0.39, 0.29) is 0 Å². The summed E-state index contributed by atoms with van der Waals surface area (Å²) >= 11 is 6.78. The van der Waals surface area contributed by atoms with Gasteiger partial charge in [0.1, 0.15) is 0 Å². The van der Waals surface area contributed by atoms with E-state index in [0.29, 0.717) is 6.42 Å². The fourth-order valence-corrected chi connectivity index (χ4v) is 2.05. The molecule has 0 aliphatic carbocycles. The molecule has 0 aromatic heterocycles. The van der Waals surface area contributed by atoms with Crippen molar-refractivity contribution in [3.8, 4) is 0 Å². The maximum atomic E-state index is 9.94. The van der Waals surface area contributed by atoms with Crippen LogP contribution >= 0.6 is 31.9 Å². The number of rotatable bonds is 3. The van der Waals surface area contributed by atoms with Crippen molar-refractivity contribution in [2.45, 2.75) is 6.42 Å². The lowest BCUT2D eigenvalue weighted by Gasteiger charge is -1.98. The second kappa shape index (κ2) is 5.35. The molecule has 0 spiro atoms. The van der Waals surface area contributed by atoms with Crippen LogP contribution in [0.5, 0.6) is 0 Å². The zero-order valence-corrected chi connectivity index (χ0v) is 9.93. The third kappa shape index (κ3) is 3.44. The van der Waals surface area contributed by atoms with Crippen molar-refractivity contribution in [1.82, 2.24) is 0 Å². The van der Waals surface area contributed by atoms with Gasteiger partial charge in [0, 0.05) is 15.4 Å². The molecule has 1 aromatic rings. The van der Waals surface area contributed by atoms with Gasteiger partial charge in [-0.3, -0.25) is 4.79 Å². The van der Waals surface area contributed by atoms with Gasteiger partial charge < -0.3 is 0 Å². The van der Waals surface area contributed by atoms with E-state index in [0.717, 1.165) is 14.5 Å². The van der Waals surface area contributed by atoms with Crippen LogP contribution in [0.2, 0.25) is 0 Å². The lowest BCUT2D eigenvalue weighted by molar-refractivity contribution is 0.556. The molecule has 0 aliphatic heterocycles. The third-order valence-electron chi connectivity index (χ3n) is 1.46. The van der Waals surface area contributed by atoms with E-state index >= 15 is 0 Å². The van der Waals surface area contributed by atoms with Gasteiger partial charge in [-0.1, -0.05) is 50.1 Å². The van der Waals surface area contributed by atoms with Gasteiger partial charge in [-0.25, -0.2) is 0 Å². The third-order valence-corrected chi connectivity index (χ3v) is 2.64. The standard InChI is InChI=1S/C10H7Br2O/c11-9-5-4-8(10(12)7-9)3-1-2-6-13/h1,3-5,7H,2H2. The molecule has 0 atom stereocenters. The Morgan fingerprint density at radius 2 is 2.15 bits per heavy atom. The summed E-state index contributed by atoms with van der Waals surface area (Å²) in [6.45, 7) is 0. The monoisotopic (exact) mass is 301 g/mol. The molecule has 0 bridgehead atoms. The van der Waals surface area contributed by atoms with Crippen molar-refractivity contribution in [2.24, 2.45) is 0 Å². The first kappa shape index (κ1) is 10.7. The minimum absolute atomic E-state index is 0.336. The highest BCUT2D eigenvalue weighted by Crippen LogP contribution is 2.22. The number of carbonyl (C=O) groups excluding carboxylic acids is 1. The zero-order valence-electron chi connectivity index (χ0n) is 6.76. The average Bonchev–Trinajstić information content (AvgIpc) is 2.09. The summed E-state index contributed by atoms with van der Waals surface area (Å²) in [6, 6.07) is 5.88. The van der Waals surface area contributed by atoms with Crippen molar-refractivity contribution in [3.63, 3.8) is 0 Å². The van der Waals surface area contributed by atoms with Gasteiger partial charge in [0.05, 0.1) is 0 Å². The van der Waals surface area contributed by atoms with E-state index in [1.54, 1.807) is 6.08 Å². The normalized spacial score (nSPS) is 10.6. The molecule has 3 heteroatoms. The Kier molecular flexibility index (Phi) is 4.39. The molecule has 0 saturated heterocycles. The van der Waals surface area contributed by atoms with Gasteiger partial charge in [-0.2, -0.15) is 0 Å². The maximum absolute atomic E-state index is 9.94. The molecule has 0 aliphatic rings. The van der Waals surface area contributed by atoms with E-state index in [2.05, 4.69) is 31.9 Å². The van der Waals surface area contributed by atoms with Crippen LogP contribution in [0.3, 0.4) is 0 Å². The maximum Gasteiger partial charge on any atom is 0.202 e. The molecule has 1 aromatic carbocycles. The number of benzene rings is 1. The van der Waals surface area contributed by atoms with Gasteiger partial charge in [0.15, 0.2) is 0 Å². The van der Waals surface area contributed by atoms with Gasteiger partial charge >= 0.3 is 0 Å². The zero-order chi connectivity index (χ0) is 9.68. The summed E-state index contributed by atoms with van der Waals surface area (Å²) in [6.07, 6.45) is 5.81. The second-order valence-electron chi connectivity index (χ2n) is 2.42. The molecule has 1 rings (SSSR count). The predicted molar refractivity (Wildman–Crippen MR) is 61.2 cm³/mol. The van der Waals surface area contributed by atoms with E-state index in [1.165, 1.54) is 0 Å². The minimum Gasteiger partial charge on any atom is -0.291 e. The van der Waals surface area contributed by atoms with Crippen molar-refractivity contribution in [3.05, 3.63) is 38.8 Å². The Morgan fingerprint density at radius 3 is 2.77 bits per heavy atom. The van der Waals surface area contributed by atoms with Gasteiger partial charge in [-0.15, -0.1) is 0 Å². The molecule has 0 fully saturated rings. The average molecular weight is 303 g/mol. The lowest BCUT2D eigenvalue weighted by Crippen LogP contribution is -1.75. The minimum atomic E-state index is 0.336. The van der Waals surface area contributed by atoms with Crippen LogP contribution in [0.1, 0.15) is 12.0 Å². The van der Waals surface area contributed by atoms with Gasteiger partial charge in [0.2, 0.25) is 6.29 Å². The number of hydrogen-bond acceptors (Lipinski definition) is 1. The Morgan fingerprint density at radius 1 is 1.38 bits per heavy atom. The van der Waals surface area contributed by atoms with Gasteiger partial charge in [-0.05, 0) is 17.7 Å². The van der Waals surface area contributed by atoms with E-state index < -0.39 is 0 Å². The second-order valence-corrected chi connectivity index (χ2v) is 4.19. The number of allylic oxidation sites excluding steroid dienone is 1. The lowest BCUT2D eigenvalue weighted by atomic mass is 10.2. The summed E-state index contributed by atoms with van der Waals surface area (Å²) in [5, 5.41) is 0. The van der Waals surface area contributed by atoms with E-state index in [4.69, 9.17) is 0 Å². The van der Waals surface area contributed by atoms with E-state index in [1.807, 2.05) is 30.6 Å². The van der Waals surface area contributed by atoms with E-state index in [9.17, 15) is 4.79 Å². The quantitative estimate of drug-likeness (QED) is 0.831. The van der Waals surface area contributed by atoms with Gasteiger partial charge in [0.25, 0.3) is 0 Å². The van der Waals surface area contributed by atoms with Crippen molar-refractivity contribution in [2.75, 3.05) is 0 Å². The number of halogens is 2. The SMILES string of the molecule is O=[C]CC=Cc1ccc(Br)cc1Br. The molecular formula is C10H7Br2O. The first-order valence-electron chi connectivity index (χ1n) is 3.70. The Hall–Kier alpha value is -0.410. The van der Waals surface area contributed by atoms with Crippen molar-refractivity contribution in [1.29, 1.82) is 0 Å². The highest BCUT2D eigenvalue weighted by molar-refractivity contribution is 9.11. The van der Waals surface area contributed by atoms with Crippen LogP contribution in [-0.4, -0.2) is 6.29 Å². The Balaban J connectivity index is 2.83. The smallest absolute Gasteiger partial charge is 0.202 e. The van der Waals surface area contributed by atoms with Crippen LogP contribution in [0.15, 0.2) is 33.2 Å².